The Labute approximate surface area is 171 Å². The maximum absolute atomic E-state index is 12.9. The SMILES string of the molecule is COc1cc(Cl)c(C(=O)c2ccc(Nc3ccccc3N)cc2Cl)c(Cl)c1. The minimum atomic E-state index is -0.372. The molecule has 0 radical (unpaired) electrons. The van der Waals surface area contributed by atoms with E-state index >= 15 is 0 Å². The van der Waals surface area contributed by atoms with Gasteiger partial charge in [0.15, 0.2) is 5.78 Å². The lowest BCUT2D eigenvalue weighted by Crippen LogP contribution is -2.05. The van der Waals surface area contributed by atoms with Crippen LogP contribution >= 0.6 is 34.8 Å². The van der Waals surface area contributed by atoms with Gasteiger partial charge in [0.1, 0.15) is 5.75 Å². The Morgan fingerprint density at radius 2 is 1.63 bits per heavy atom. The van der Waals surface area contributed by atoms with Crippen LogP contribution < -0.4 is 15.8 Å². The Kier molecular flexibility index (Phi) is 5.80. The van der Waals surface area contributed by atoms with Crippen molar-refractivity contribution in [3.63, 3.8) is 0 Å². The van der Waals surface area contributed by atoms with Crippen LogP contribution in [-0.4, -0.2) is 12.9 Å². The van der Waals surface area contributed by atoms with E-state index in [0.717, 1.165) is 5.69 Å². The van der Waals surface area contributed by atoms with Crippen LogP contribution in [0.2, 0.25) is 15.1 Å². The molecule has 0 aromatic heterocycles. The van der Waals surface area contributed by atoms with E-state index in [2.05, 4.69) is 5.32 Å². The fraction of sp³-hybridized carbons (Fsp3) is 0.0500. The smallest absolute Gasteiger partial charge is 0.197 e. The molecular formula is C20H15Cl3N2O2. The highest BCUT2D eigenvalue weighted by molar-refractivity contribution is 6.43. The van der Waals surface area contributed by atoms with Crippen LogP contribution in [0.1, 0.15) is 15.9 Å². The zero-order valence-electron chi connectivity index (χ0n) is 14.2. The van der Waals surface area contributed by atoms with Gasteiger partial charge in [-0.15, -0.1) is 0 Å². The highest BCUT2D eigenvalue weighted by atomic mass is 35.5. The molecule has 3 aromatic carbocycles. The summed E-state index contributed by atoms with van der Waals surface area (Å²) in [7, 11) is 1.49. The van der Waals surface area contributed by atoms with Crippen molar-refractivity contribution in [3.05, 3.63) is 80.8 Å². The first-order valence-corrected chi connectivity index (χ1v) is 9.03. The van der Waals surface area contributed by atoms with E-state index in [1.807, 2.05) is 18.2 Å². The molecule has 0 saturated heterocycles. The Morgan fingerprint density at radius 1 is 0.963 bits per heavy atom. The van der Waals surface area contributed by atoms with Crippen molar-refractivity contribution in [2.75, 3.05) is 18.2 Å². The fourth-order valence-corrected chi connectivity index (χ4v) is 3.47. The molecule has 3 aromatic rings. The number of nitrogen functional groups attached to an aromatic ring is 1. The zero-order valence-corrected chi connectivity index (χ0v) is 16.5. The number of nitrogens with one attached hydrogen (secondary N) is 1. The van der Waals surface area contributed by atoms with Crippen LogP contribution in [0.4, 0.5) is 17.1 Å². The summed E-state index contributed by atoms with van der Waals surface area (Å²) in [6.45, 7) is 0. The lowest BCUT2D eigenvalue weighted by Gasteiger charge is -2.12. The second-order valence-corrected chi connectivity index (χ2v) is 6.92. The lowest BCUT2D eigenvalue weighted by atomic mass is 10.0. The first kappa shape index (κ1) is 19.4. The van der Waals surface area contributed by atoms with E-state index in [1.54, 1.807) is 24.3 Å². The molecule has 3 rings (SSSR count). The van der Waals surface area contributed by atoms with Gasteiger partial charge in [0.25, 0.3) is 0 Å². The predicted octanol–water partition coefficient (Wildman–Crippen LogP) is 6.21. The van der Waals surface area contributed by atoms with Crippen molar-refractivity contribution >= 4 is 57.6 Å². The third kappa shape index (κ3) is 4.14. The van der Waals surface area contributed by atoms with Gasteiger partial charge >= 0.3 is 0 Å². The van der Waals surface area contributed by atoms with Gasteiger partial charge in [0.2, 0.25) is 0 Å². The van der Waals surface area contributed by atoms with Crippen molar-refractivity contribution in [2.45, 2.75) is 0 Å². The van der Waals surface area contributed by atoms with Gasteiger partial charge in [-0.25, -0.2) is 0 Å². The van der Waals surface area contributed by atoms with Gasteiger partial charge in [-0.2, -0.15) is 0 Å². The average Bonchev–Trinajstić information content (AvgIpc) is 2.63. The molecule has 0 atom stereocenters. The second-order valence-electron chi connectivity index (χ2n) is 5.70. The quantitative estimate of drug-likeness (QED) is 0.379. The predicted molar refractivity (Wildman–Crippen MR) is 112 cm³/mol. The summed E-state index contributed by atoms with van der Waals surface area (Å²) in [6, 6.07) is 15.4. The summed E-state index contributed by atoms with van der Waals surface area (Å²) >= 11 is 18.8. The number of carbonyl (C=O) groups excluding carboxylic acids is 1. The molecule has 0 spiro atoms. The molecule has 7 heteroatoms. The number of ketones is 1. The van der Waals surface area contributed by atoms with E-state index in [0.29, 0.717) is 17.1 Å². The molecule has 0 unspecified atom stereocenters. The summed E-state index contributed by atoms with van der Waals surface area (Å²) in [5.41, 5.74) is 8.43. The Morgan fingerprint density at radius 3 is 2.22 bits per heavy atom. The minimum Gasteiger partial charge on any atom is -0.497 e. The molecule has 3 N–H and O–H groups in total. The first-order chi connectivity index (χ1) is 12.9. The maximum atomic E-state index is 12.9. The molecule has 27 heavy (non-hydrogen) atoms. The van der Waals surface area contributed by atoms with Crippen molar-refractivity contribution in [3.8, 4) is 5.75 Å². The fourth-order valence-electron chi connectivity index (χ4n) is 2.56. The van der Waals surface area contributed by atoms with Crippen LogP contribution in [0.3, 0.4) is 0 Å². The van der Waals surface area contributed by atoms with Crippen molar-refractivity contribution in [1.29, 1.82) is 0 Å². The van der Waals surface area contributed by atoms with E-state index in [4.69, 9.17) is 45.3 Å². The largest absolute Gasteiger partial charge is 0.497 e. The highest BCUT2D eigenvalue weighted by Gasteiger charge is 2.20. The van der Waals surface area contributed by atoms with Crippen molar-refractivity contribution < 1.29 is 9.53 Å². The molecule has 0 aliphatic carbocycles. The maximum Gasteiger partial charge on any atom is 0.197 e. The van der Waals surface area contributed by atoms with Crippen molar-refractivity contribution in [1.82, 2.24) is 0 Å². The Hall–Kier alpha value is -2.40. The van der Waals surface area contributed by atoms with E-state index in [9.17, 15) is 4.79 Å². The number of nitrogens with two attached hydrogens (primary N) is 1. The number of hydrogen-bond acceptors (Lipinski definition) is 4. The number of benzene rings is 3. The molecule has 0 heterocycles. The third-order valence-corrected chi connectivity index (χ3v) is 4.84. The van der Waals surface area contributed by atoms with E-state index in [1.165, 1.54) is 19.2 Å². The number of anilines is 3. The monoisotopic (exact) mass is 420 g/mol. The molecule has 0 bridgehead atoms. The number of para-hydroxylation sites is 2. The minimum absolute atomic E-state index is 0.175. The number of hydrogen-bond donors (Lipinski definition) is 2. The number of methoxy groups -OCH3 is 1. The van der Waals surface area contributed by atoms with Crippen LogP contribution in [0, 0.1) is 0 Å². The summed E-state index contributed by atoms with van der Waals surface area (Å²) in [5.74, 6) is 0.0936. The molecule has 4 nitrogen and oxygen atoms in total. The molecule has 0 saturated carbocycles. The molecule has 0 aliphatic rings. The Bertz CT molecular complexity index is 999. The van der Waals surface area contributed by atoms with Gasteiger partial charge in [0, 0.05) is 11.3 Å². The van der Waals surface area contributed by atoms with E-state index in [-0.39, 0.29) is 32.0 Å². The zero-order chi connectivity index (χ0) is 19.6. The van der Waals surface area contributed by atoms with E-state index < -0.39 is 0 Å². The summed E-state index contributed by atoms with van der Waals surface area (Å²) in [4.78, 5) is 12.9. The Balaban J connectivity index is 1.92. The van der Waals surface area contributed by atoms with Gasteiger partial charge < -0.3 is 15.8 Å². The van der Waals surface area contributed by atoms with Crippen LogP contribution in [0.5, 0.6) is 5.75 Å². The summed E-state index contributed by atoms with van der Waals surface area (Å²) in [6.07, 6.45) is 0. The average molecular weight is 422 g/mol. The van der Waals surface area contributed by atoms with Crippen LogP contribution in [0.15, 0.2) is 54.6 Å². The normalized spacial score (nSPS) is 10.5. The third-order valence-electron chi connectivity index (χ3n) is 3.93. The van der Waals surface area contributed by atoms with Gasteiger partial charge in [-0.3, -0.25) is 4.79 Å². The summed E-state index contributed by atoms with van der Waals surface area (Å²) in [5, 5.41) is 3.82. The van der Waals surface area contributed by atoms with Crippen LogP contribution in [0.25, 0.3) is 0 Å². The van der Waals surface area contributed by atoms with Gasteiger partial charge in [-0.05, 0) is 42.5 Å². The van der Waals surface area contributed by atoms with Crippen LogP contribution in [-0.2, 0) is 0 Å². The number of ether oxygens (including phenoxy) is 1. The molecule has 0 aliphatic heterocycles. The topological polar surface area (TPSA) is 64.3 Å². The molecule has 138 valence electrons. The number of halogens is 3. The molecular weight excluding hydrogens is 407 g/mol. The summed E-state index contributed by atoms with van der Waals surface area (Å²) < 4.78 is 5.10. The second kappa shape index (κ2) is 8.09. The molecule has 0 fully saturated rings. The lowest BCUT2D eigenvalue weighted by molar-refractivity contribution is 0.103. The van der Waals surface area contributed by atoms with Gasteiger partial charge in [-0.1, -0.05) is 46.9 Å². The number of carbonyl (C=O) groups is 1. The molecule has 0 amide bonds. The highest BCUT2D eigenvalue weighted by Crippen LogP contribution is 2.34. The first-order valence-electron chi connectivity index (χ1n) is 7.89. The number of rotatable bonds is 5. The van der Waals surface area contributed by atoms with Crippen molar-refractivity contribution in [2.24, 2.45) is 0 Å². The standard InChI is InChI=1S/C20H15Cl3N2O2/c1-27-12-9-15(22)19(16(23)10-12)20(26)13-7-6-11(8-14(13)21)25-18-5-3-2-4-17(18)24/h2-10,25H,24H2,1H3. The van der Waals surface area contributed by atoms with Gasteiger partial charge in [0.05, 0.1) is 39.1 Å².